The zero-order valence-corrected chi connectivity index (χ0v) is 12.5. The second-order valence-electron chi connectivity index (χ2n) is 4.21. The van der Waals surface area contributed by atoms with Crippen molar-refractivity contribution in [2.24, 2.45) is 0 Å². The summed E-state index contributed by atoms with van der Waals surface area (Å²) in [4.78, 5) is 11.7. The number of hydrogen-bond donors (Lipinski definition) is 1. The van der Waals surface area contributed by atoms with E-state index < -0.39 is 0 Å². The van der Waals surface area contributed by atoms with Gasteiger partial charge in [-0.05, 0) is 37.5 Å². The van der Waals surface area contributed by atoms with E-state index in [9.17, 15) is 4.79 Å². The molecule has 0 aliphatic carbocycles. The lowest BCUT2D eigenvalue weighted by Crippen LogP contribution is -2.26. The average Bonchev–Trinajstić information content (AvgIpc) is 2.39. The van der Waals surface area contributed by atoms with Crippen LogP contribution < -0.4 is 10.1 Å². The summed E-state index contributed by atoms with van der Waals surface area (Å²) in [6.45, 7) is 1.98. The maximum Gasteiger partial charge on any atom is 0.220 e. The fourth-order valence-corrected chi connectivity index (χ4v) is 2.08. The molecule has 0 fully saturated rings. The van der Waals surface area contributed by atoms with Crippen molar-refractivity contribution in [2.45, 2.75) is 32.2 Å². The normalized spacial score (nSPS) is 11.9. The van der Waals surface area contributed by atoms with E-state index in [1.165, 1.54) is 0 Å². The van der Waals surface area contributed by atoms with E-state index >= 15 is 0 Å². The molecule has 4 heteroatoms. The van der Waals surface area contributed by atoms with Crippen LogP contribution in [0.1, 0.15) is 37.8 Å². The van der Waals surface area contributed by atoms with Crippen molar-refractivity contribution in [3.05, 3.63) is 29.8 Å². The first-order valence-electron chi connectivity index (χ1n) is 6.16. The molecule has 3 nitrogen and oxygen atoms in total. The van der Waals surface area contributed by atoms with Gasteiger partial charge in [0, 0.05) is 11.8 Å². The molecule has 0 bridgehead atoms. The highest BCUT2D eigenvalue weighted by atomic mass is 79.9. The number of rotatable bonds is 7. The molecule has 0 heterocycles. The average molecular weight is 314 g/mol. The first-order valence-corrected chi connectivity index (χ1v) is 7.28. The van der Waals surface area contributed by atoms with Gasteiger partial charge in [0.15, 0.2) is 0 Å². The predicted octanol–water partition coefficient (Wildman–Crippen LogP) is 3.44. The Morgan fingerprint density at radius 2 is 2.22 bits per heavy atom. The number of alkyl halides is 1. The molecule has 1 aromatic carbocycles. The van der Waals surface area contributed by atoms with E-state index in [0.29, 0.717) is 6.42 Å². The Hall–Kier alpha value is -1.03. The van der Waals surface area contributed by atoms with E-state index in [1.807, 2.05) is 31.2 Å². The first kappa shape index (κ1) is 15.0. The lowest BCUT2D eigenvalue weighted by Gasteiger charge is -2.15. The van der Waals surface area contributed by atoms with E-state index in [-0.39, 0.29) is 11.9 Å². The molecule has 0 saturated heterocycles. The summed E-state index contributed by atoms with van der Waals surface area (Å²) >= 11 is 3.36. The zero-order valence-electron chi connectivity index (χ0n) is 10.9. The fourth-order valence-electron chi connectivity index (χ4n) is 1.69. The molecule has 1 amide bonds. The SMILES string of the molecule is COc1cccc([C@@H](C)NC(=O)CCCCBr)c1. The van der Waals surface area contributed by atoms with Crippen molar-refractivity contribution >= 4 is 21.8 Å². The van der Waals surface area contributed by atoms with Gasteiger partial charge >= 0.3 is 0 Å². The highest BCUT2D eigenvalue weighted by Crippen LogP contribution is 2.18. The molecular formula is C14H20BrNO2. The third kappa shape index (κ3) is 5.08. The number of methoxy groups -OCH3 is 1. The molecular weight excluding hydrogens is 294 g/mol. The van der Waals surface area contributed by atoms with Crippen LogP contribution in [-0.4, -0.2) is 18.3 Å². The molecule has 18 heavy (non-hydrogen) atoms. The molecule has 1 atom stereocenters. The Morgan fingerprint density at radius 3 is 2.89 bits per heavy atom. The lowest BCUT2D eigenvalue weighted by molar-refractivity contribution is -0.121. The van der Waals surface area contributed by atoms with Crippen LogP contribution in [0.2, 0.25) is 0 Å². The molecule has 0 aliphatic rings. The molecule has 0 saturated carbocycles. The number of carbonyl (C=O) groups is 1. The van der Waals surface area contributed by atoms with Gasteiger partial charge < -0.3 is 10.1 Å². The Kier molecular flexibility index (Phi) is 6.80. The van der Waals surface area contributed by atoms with Crippen LogP contribution in [0.25, 0.3) is 0 Å². The van der Waals surface area contributed by atoms with Crippen molar-refractivity contribution < 1.29 is 9.53 Å². The topological polar surface area (TPSA) is 38.3 Å². The van der Waals surface area contributed by atoms with Crippen molar-refractivity contribution in [3.8, 4) is 5.75 Å². The molecule has 0 unspecified atom stereocenters. The van der Waals surface area contributed by atoms with Gasteiger partial charge in [-0.2, -0.15) is 0 Å². The monoisotopic (exact) mass is 313 g/mol. The fraction of sp³-hybridized carbons (Fsp3) is 0.500. The number of amides is 1. The number of hydrogen-bond acceptors (Lipinski definition) is 2. The van der Waals surface area contributed by atoms with E-state index in [1.54, 1.807) is 7.11 Å². The summed E-state index contributed by atoms with van der Waals surface area (Å²) in [5.41, 5.74) is 1.06. The number of ether oxygens (including phenoxy) is 1. The van der Waals surface area contributed by atoms with Gasteiger partial charge in [-0.25, -0.2) is 0 Å². The molecule has 1 rings (SSSR count). The Bertz CT molecular complexity index is 382. The number of benzene rings is 1. The van der Waals surface area contributed by atoms with Crippen molar-refractivity contribution in [1.82, 2.24) is 5.32 Å². The smallest absolute Gasteiger partial charge is 0.220 e. The minimum Gasteiger partial charge on any atom is -0.497 e. The quantitative estimate of drug-likeness (QED) is 0.618. The number of halogens is 1. The highest BCUT2D eigenvalue weighted by Gasteiger charge is 2.09. The van der Waals surface area contributed by atoms with Crippen LogP contribution in [0, 0.1) is 0 Å². The van der Waals surface area contributed by atoms with Crippen LogP contribution in [0.5, 0.6) is 5.75 Å². The van der Waals surface area contributed by atoms with Gasteiger partial charge in [-0.1, -0.05) is 28.1 Å². The Labute approximate surface area is 117 Å². The summed E-state index contributed by atoms with van der Waals surface area (Å²) in [5, 5.41) is 3.95. The van der Waals surface area contributed by atoms with Crippen molar-refractivity contribution in [1.29, 1.82) is 0 Å². The van der Waals surface area contributed by atoms with E-state index in [4.69, 9.17) is 4.74 Å². The molecule has 0 spiro atoms. The molecule has 100 valence electrons. The Morgan fingerprint density at radius 1 is 1.44 bits per heavy atom. The van der Waals surface area contributed by atoms with Crippen LogP contribution >= 0.6 is 15.9 Å². The largest absolute Gasteiger partial charge is 0.497 e. The zero-order chi connectivity index (χ0) is 13.4. The van der Waals surface area contributed by atoms with Crippen LogP contribution in [0.4, 0.5) is 0 Å². The van der Waals surface area contributed by atoms with E-state index in [0.717, 1.165) is 29.5 Å². The van der Waals surface area contributed by atoms with E-state index in [2.05, 4.69) is 21.2 Å². The second kappa shape index (κ2) is 8.14. The van der Waals surface area contributed by atoms with Crippen LogP contribution in [-0.2, 0) is 4.79 Å². The number of unbranched alkanes of at least 4 members (excludes halogenated alkanes) is 1. The highest BCUT2D eigenvalue weighted by molar-refractivity contribution is 9.09. The maximum absolute atomic E-state index is 11.7. The molecule has 0 aromatic heterocycles. The van der Waals surface area contributed by atoms with Crippen molar-refractivity contribution in [3.63, 3.8) is 0 Å². The van der Waals surface area contributed by atoms with Crippen LogP contribution in [0.3, 0.4) is 0 Å². The first-order chi connectivity index (χ1) is 8.67. The minimum atomic E-state index is 0.0107. The van der Waals surface area contributed by atoms with Crippen LogP contribution in [0.15, 0.2) is 24.3 Å². The summed E-state index contributed by atoms with van der Waals surface area (Å²) in [6, 6.07) is 7.78. The lowest BCUT2D eigenvalue weighted by atomic mass is 10.1. The molecule has 1 aromatic rings. The molecule has 0 aliphatic heterocycles. The maximum atomic E-state index is 11.7. The number of nitrogens with one attached hydrogen (secondary N) is 1. The summed E-state index contributed by atoms with van der Waals surface area (Å²) in [5.74, 6) is 0.916. The Balaban J connectivity index is 2.48. The van der Waals surface area contributed by atoms with Crippen molar-refractivity contribution in [2.75, 3.05) is 12.4 Å². The number of carbonyl (C=O) groups excluding carboxylic acids is 1. The predicted molar refractivity (Wildman–Crippen MR) is 77.2 cm³/mol. The second-order valence-corrected chi connectivity index (χ2v) is 5.00. The van der Waals surface area contributed by atoms with Gasteiger partial charge in [0.1, 0.15) is 5.75 Å². The van der Waals surface area contributed by atoms with Gasteiger partial charge in [-0.15, -0.1) is 0 Å². The molecule has 0 radical (unpaired) electrons. The standard InChI is InChI=1S/C14H20BrNO2/c1-11(16-14(17)8-3-4-9-15)12-6-5-7-13(10-12)18-2/h5-7,10-11H,3-4,8-9H2,1-2H3,(H,16,17)/t11-/m1/s1. The van der Waals surface area contributed by atoms with Gasteiger partial charge in [0.25, 0.3) is 0 Å². The summed E-state index contributed by atoms with van der Waals surface area (Å²) < 4.78 is 5.17. The summed E-state index contributed by atoms with van der Waals surface area (Å²) in [6.07, 6.45) is 2.53. The molecule has 1 N–H and O–H groups in total. The third-order valence-electron chi connectivity index (χ3n) is 2.76. The van der Waals surface area contributed by atoms with Gasteiger partial charge in [0.05, 0.1) is 13.2 Å². The third-order valence-corrected chi connectivity index (χ3v) is 3.32. The van der Waals surface area contributed by atoms with Gasteiger partial charge in [0.2, 0.25) is 5.91 Å². The van der Waals surface area contributed by atoms with Gasteiger partial charge in [-0.3, -0.25) is 4.79 Å². The summed E-state index contributed by atoms with van der Waals surface area (Å²) in [7, 11) is 1.64. The minimum absolute atomic E-state index is 0.0107.